The standard InChI is InChI=1S/C25H32Cl2N2O2S/c1-5-6-9-28-25(31)19(4)29(14-20-7-8-22(26)23(27)13-20)24(30)16-32-15-21-11-17(2)10-18(3)12-21/h7-8,10-13,19H,5-6,9,14-16H2,1-4H3,(H,28,31)/t19-/m0/s1. The average Bonchev–Trinajstić information content (AvgIpc) is 2.73. The highest BCUT2D eigenvalue weighted by Crippen LogP contribution is 2.24. The Bertz CT molecular complexity index is 916. The Balaban J connectivity index is 2.09. The number of thioether (sulfide) groups is 1. The van der Waals surface area contributed by atoms with Crippen molar-refractivity contribution in [1.82, 2.24) is 10.2 Å². The third-order valence-corrected chi connectivity index (χ3v) is 6.84. The van der Waals surface area contributed by atoms with Gasteiger partial charge in [0.2, 0.25) is 11.8 Å². The van der Waals surface area contributed by atoms with Crippen molar-refractivity contribution in [1.29, 1.82) is 0 Å². The second-order valence-electron chi connectivity index (χ2n) is 8.08. The van der Waals surface area contributed by atoms with Crippen molar-refractivity contribution in [2.75, 3.05) is 12.3 Å². The van der Waals surface area contributed by atoms with Gasteiger partial charge in [-0.05, 0) is 50.5 Å². The molecule has 0 fully saturated rings. The summed E-state index contributed by atoms with van der Waals surface area (Å²) in [7, 11) is 0. The Labute approximate surface area is 206 Å². The van der Waals surface area contributed by atoms with Crippen molar-refractivity contribution < 1.29 is 9.59 Å². The molecule has 0 spiro atoms. The molecule has 1 N–H and O–H groups in total. The Morgan fingerprint density at radius 3 is 2.34 bits per heavy atom. The summed E-state index contributed by atoms with van der Waals surface area (Å²) >= 11 is 13.8. The second-order valence-corrected chi connectivity index (χ2v) is 9.88. The van der Waals surface area contributed by atoms with Gasteiger partial charge in [-0.15, -0.1) is 11.8 Å². The molecule has 0 aliphatic heterocycles. The van der Waals surface area contributed by atoms with Gasteiger partial charge < -0.3 is 10.2 Å². The molecule has 7 heteroatoms. The molecule has 2 rings (SSSR count). The monoisotopic (exact) mass is 494 g/mol. The van der Waals surface area contributed by atoms with E-state index in [2.05, 4.69) is 44.3 Å². The average molecular weight is 496 g/mol. The molecule has 0 aliphatic carbocycles. The normalized spacial score (nSPS) is 11.8. The van der Waals surface area contributed by atoms with Crippen LogP contribution in [0.2, 0.25) is 10.0 Å². The summed E-state index contributed by atoms with van der Waals surface area (Å²) < 4.78 is 0. The fraction of sp³-hybridized carbons (Fsp3) is 0.440. The number of benzene rings is 2. The molecule has 0 saturated heterocycles. The summed E-state index contributed by atoms with van der Waals surface area (Å²) in [6, 6.07) is 11.1. The highest BCUT2D eigenvalue weighted by Gasteiger charge is 2.26. The molecule has 0 saturated carbocycles. The smallest absolute Gasteiger partial charge is 0.242 e. The second kappa shape index (κ2) is 13.1. The first kappa shape index (κ1) is 26.6. The lowest BCUT2D eigenvalue weighted by Crippen LogP contribution is -2.48. The van der Waals surface area contributed by atoms with Gasteiger partial charge in [-0.25, -0.2) is 0 Å². The molecule has 0 radical (unpaired) electrons. The van der Waals surface area contributed by atoms with Crippen LogP contribution >= 0.6 is 35.0 Å². The van der Waals surface area contributed by atoms with Gasteiger partial charge in [0.1, 0.15) is 6.04 Å². The fourth-order valence-corrected chi connectivity index (χ4v) is 4.61. The number of hydrogen-bond donors (Lipinski definition) is 1. The maximum atomic E-state index is 13.2. The van der Waals surface area contributed by atoms with Crippen molar-refractivity contribution in [2.45, 2.75) is 58.9 Å². The topological polar surface area (TPSA) is 49.4 Å². The van der Waals surface area contributed by atoms with Crippen LogP contribution in [-0.4, -0.2) is 35.1 Å². The van der Waals surface area contributed by atoms with Crippen LogP contribution in [0.15, 0.2) is 36.4 Å². The Kier molecular flexibility index (Phi) is 10.9. The van der Waals surface area contributed by atoms with Gasteiger partial charge in [0.15, 0.2) is 0 Å². The molecule has 4 nitrogen and oxygen atoms in total. The summed E-state index contributed by atoms with van der Waals surface area (Å²) in [6.45, 7) is 8.89. The summed E-state index contributed by atoms with van der Waals surface area (Å²) in [5.74, 6) is 0.807. The van der Waals surface area contributed by atoms with Crippen LogP contribution in [0.1, 0.15) is 48.9 Å². The molecule has 174 valence electrons. The summed E-state index contributed by atoms with van der Waals surface area (Å²) in [5, 5.41) is 3.82. The quantitative estimate of drug-likeness (QED) is 0.379. The van der Waals surface area contributed by atoms with Gasteiger partial charge in [0.25, 0.3) is 0 Å². The number of nitrogens with zero attached hydrogens (tertiary/aromatic N) is 1. The molecule has 0 aliphatic rings. The number of nitrogens with one attached hydrogen (secondary N) is 1. The van der Waals surface area contributed by atoms with E-state index in [1.165, 1.54) is 16.7 Å². The number of unbranched alkanes of at least 4 members (excludes halogenated alkanes) is 1. The SMILES string of the molecule is CCCCNC(=O)[C@H](C)N(Cc1ccc(Cl)c(Cl)c1)C(=O)CSCc1cc(C)cc(C)c1. The predicted octanol–water partition coefficient (Wildman–Crippen LogP) is 6.18. The molecule has 0 unspecified atom stereocenters. The summed E-state index contributed by atoms with van der Waals surface area (Å²) in [4.78, 5) is 27.5. The highest BCUT2D eigenvalue weighted by atomic mass is 35.5. The first-order valence-electron chi connectivity index (χ1n) is 10.9. The minimum atomic E-state index is -0.587. The van der Waals surface area contributed by atoms with Crippen molar-refractivity contribution in [3.63, 3.8) is 0 Å². The zero-order valence-electron chi connectivity index (χ0n) is 19.2. The minimum Gasteiger partial charge on any atom is -0.354 e. The first-order valence-corrected chi connectivity index (χ1v) is 12.8. The zero-order valence-corrected chi connectivity index (χ0v) is 21.5. The van der Waals surface area contributed by atoms with Gasteiger partial charge in [-0.3, -0.25) is 9.59 Å². The minimum absolute atomic E-state index is 0.0800. The van der Waals surface area contributed by atoms with Gasteiger partial charge in [0.05, 0.1) is 15.8 Å². The molecule has 0 aromatic heterocycles. The highest BCUT2D eigenvalue weighted by molar-refractivity contribution is 7.99. The van der Waals surface area contributed by atoms with Crippen molar-refractivity contribution in [3.8, 4) is 0 Å². The molecule has 0 bridgehead atoms. The van der Waals surface area contributed by atoms with E-state index in [4.69, 9.17) is 23.2 Å². The molecule has 0 heterocycles. The van der Waals surface area contributed by atoms with Crippen LogP contribution in [0.25, 0.3) is 0 Å². The predicted molar refractivity (Wildman–Crippen MR) is 136 cm³/mol. The lowest BCUT2D eigenvalue weighted by Gasteiger charge is -2.29. The van der Waals surface area contributed by atoms with E-state index in [-0.39, 0.29) is 11.8 Å². The van der Waals surface area contributed by atoms with Crippen LogP contribution < -0.4 is 5.32 Å². The first-order chi connectivity index (χ1) is 15.2. The Hall–Kier alpha value is -1.69. The van der Waals surface area contributed by atoms with Crippen LogP contribution in [-0.2, 0) is 21.9 Å². The lowest BCUT2D eigenvalue weighted by molar-refractivity contribution is -0.138. The molecular weight excluding hydrogens is 463 g/mol. The van der Waals surface area contributed by atoms with E-state index in [0.717, 1.165) is 24.2 Å². The summed E-state index contributed by atoms with van der Waals surface area (Å²) in [5.41, 5.74) is 4.46. The summed E-state index contributed by atoms with van der Waals surface area (Å²) in [6.07, 6.45) is 1.90. The largest absolute Gasteiger partial charge is 0.354 e. The molecule has 32 heavy (non-hydrogen) atoms. The maximum absolute atomic E-state index is 13.2. The third-order valence-electron chi connectivity index (χ3n) is 5.11. The number of aryl methyl sites for hydroxylation is 2. The van der Waals surface area contributed by atoms with E-state index in [1.54, 1.807) is 35.7 Å². The van der Waals surface area contributed by atoms with Gasteiger partial charge in [0, 0.05) is 18.8 Å². The van der Waals surface area contributed by atoms with E-state index in [9.17, 15) is 9.59 Å². The Morgan fingerprint density at radius 1 is 1.03 bits per heavy atom. The van der Waals surface area contributed by atoms with E-state index >= 15 is 0 Å². The van der Waals surface area contributed by atoms with Crippen molar-refractivity contribution in [2.24, 2.45) is 0 Å². The number of carbonyl (C=O) groups is 2. The van der Waals surface area contributed by atoms with Crippen LogP contribution in [0.5, 0.6) is 0 Å². The number of halogens is 2. The fourth-order valence-electron chi connectivity index (χ4n) is 3.44. The number of amides is 2. The molecule has 2 aromatic carbocycles. The van der Waals surface area contributed by atoms with Gasteiger partial charge in [-0.1, -0.05) is 71.9 Å². The molecule has 1 atom stereocenters. The molecule has 2 aromatic rings. The molecular formula is C25H32Cl2N2O2S. The number of rotatable bonds is 11. The van der Waals surface area contributed by atoms with Crippen LogP contribution in [0, 0.1) is 13.8 Å². The van der Waals surface area contributed by atoms with E-state index in [0.29, 0.717) is 28.9 Å². The van der Waals surface area contributed by atoms with Gasteiger partial charge in [-0.2, -0.15) is 0 Å². The van der Waals surface area contributed by atoms with E-state index < -0.39 is 6.04 Å². The van der Waals surface area contributed by atoms with E-state index in [1.807, 2.05) is 6.07 Å². The maximum Gasteiger partial charge on any atom is 0.242 e. The number of hydrogen-bond acceptors (Lipinski definition) is 3. The molecule has 2 amide bonds. The number of carbonyl (C=O) groups excluding carboxylic acids is 2. The Morgan fingerprint density at radius 2 is 1.72 bits per heavy atom. The lowest BCUT2D eigenvalue weighted by atomic mass is 10.1. The van der Waals surface area contributed by atoms with Crippen molar-refractivity contribution in [3.05, 3.63) is 68.7 Å². The van der Waals surface area contributed by atoms with Crippen LogP contribution in [0.4, 0.5) is 0 Å². The third kappa shape index (κ3) is 8.34. The van der Waals surface area contributed by atoms with Crippen molar-refractivity contribution >= 4 is 46.8 Å². The van der Waals surface area contributed by atoms with Crippen LogP contribution in [0.3, 0.4) is 0 Å². The zero-order chi connectivity index (χ0) is 23.7. The van der Waals surface area contributed by atoms with Gasteiger partial charge >= 0.3 is 0 Å².